The number of hydrogen-bond donors (Lipinski definition) is 1. The van der Waals surface area contributed by atoms with Crippen LogP contribution in [0.4, 0.5) is 0 Å². The first-order chi connectivity index (χ1) is 11.1. The Bertz CT molecular complexity index is 601. The van der Waals surface area contributed by atoms with E-state index in [4.69, 9.17) is 4.74 Å². The molecule has 5 nitrogen and oxygen atoms in total. The third-order valence-corrected chi connectivity index (χ3v) is 7.16. The Kier molecular flexibility index (Phi) is 5.24. The molecular weight excluding hydrogens is 312 g/mol. The minimum absolute atomic E-state index is 0.360. The van der Waals surface area contributed by atoms with Crippen molar-refractivity contribution in [1.82, 2.24) is 9.62 Å². The summed E-state index contributed by atoms with van der Waals surface area (Å²) in [6, 6.07) is 6.67. The van der Waals surface area contributed by atoms with Gasteiger partial charge in [-0.1, -0.05) is 0 Å². The number of benzene rings is 1. The Morgan fingerprint density at radius 2 is 1.57 bits per heavy atom. The highest BCUT2D eigenvalue weighted by molar-refractivity contribution is 7.89. The maximum atomic E-state index is 12.7. The molecule has 0 spiro atoms. The van der Waals surface area contributed by atoms with E-state index in [1.165, 1.54) is 12.8 Å². The molecule has 2 aliphatic heterocycles. The fraction of sp³-hybridized carbons (Fsp3) is 0.647. The zero-order valence-electron chi connectivity index (χ0n) is 13.7. The molecule has 0 unspecified atom stereocenters. The van der Waals surface area contributed by atoms with Crippen molar-refractivity contribution >= 4 is 10.0 Å². The predicted octanol–water partition coefficient (Wildman–Crippen LogP) is 2.10. The highest BCUT2D eigenvalue weighted by Crippen LogP contribution is 2.32. The van der Waals surface area contributed by atoms with E-state index in [0.29, 0.717) is 29.7 Å². The number of nitrogens with zero attached hydrogens (tertiary/aromatic N) is 1. The molecule has 0 aliphatic carbocycles. The molecule has 128 valence electrons. The van der Waals surface area contributed by atoms with Crippen molar-refractivity contribution in [3.05, 3.63) is 24.3 Å². The molecule has 0 amide bonds. The molecule has 2 fully saturated rings. The molecule has 1 N–H and O–H groups in total. The lowest BCUT2D eigenvalue weighted by Gasteiger charge is -2.37. The van der Waals surface area contributed by atoms with Crippen LogP contribution in [0.15, 0.2) is 29.2 Å². The zero-order valence-corrected chi connectivity index (χ0v) is 14.5. The van der Waals surface area contributed by atoms with Crippen LogP contribution in [-0.2, 0) is 10.0 Å². The third-order valence-electron chi connectivity index (χ3n) is 5.25. The Hall–Kier alpha value is -1.11. The molecule has 2 aliphatic rings. The lowest BCUT2D eigenvalue weighted by Crippen LogP contribution is -2.41. The summed E-state index contributed by atoms with van der Waals surface area (Å²) in [5.41, 5.74) is 0. The zero-order chi connectivity index (χ0) is 16.3. The summed E-state index contributed by atoms with van der Waals surface area (Å²) in [5, 5.41) is 3.40. The second-order valence-electron chi connectivity index (χ2n) is 6.50. The highest BCUT2D eigenvalue weighted by Gasteiger charge is 2.32. The van der Waals surface area contributed by atoms with E-state index in [-0.39, 0.29) is 0 Å². The van der Waals surface area contributed by atoms with Gasteiger partial charge in [0.1, 0.15) is 5.75 Å². The van der Waals surface area contributed by atoms with Gasteiger partial charge in [0.2, 0.25) is 10.0 Å². The van der Waals surface area contributed by atoms with Crippen LogP contribution in [0.5, 0.6) is 5.75 Å². The van der Waals surface area contributed by atoms with Gasteiger partial charge in [-0.15, -0.1) is 0 Å². The molecule has 0 saturated carbocycles. The van der Waals surface area contributed by atoms with E-state index in [0.717, 1.165) is 31.8 Å². The van der Waals surface area contributed by atoms with Gasteiger partial charge in [0, 0.05) is 13.1 Å². The fourth-order valence-electron chi connectivity index (χ4n) is 3.80. The first kappa shape index (κ1) is 16.7. The average molecular weight is 338 g/mol. The summed E-state index contributed by atoms with van der Waals surface area (Å²) >= 11 is 0. The van der Waals surface area contributed by atoms with E-state index in [1.54, 1.807) is 35.7 Å². The van der Waals surface area contributed by atoms with Crippen LogP contribution in [0, 0.1) is 11.8 Å². The second-order valence-corrected chi connectivity index (χ2v) is 8.44. The van der Waals surface area contributed by atoms with Crippen LogP contribution < -0.4 is 10.1 Å². The largest absolute Gasteiger partial charge is 0.497 e. The molecule has 1 aromatic carbocycles. The van der Waals surface area contributed by atoms with Gasteiger partial charge >= 0.3 is 0 Å². The summed E-state index contributed by atoms with van der Waals surface area (Å²) in [6.45, 7) is 3.50. The molecule has 1 aromatic rings. The highest BCUT2D eigenvalue weighted by atomic mass is 32.2. The third kappa shape index (κ3) is 3.70. The molecule has 0 aromatic heterocycles. The predicted molar refractivity (Wildman–Crippen MR) is 90.1 cm³/mol. The molecule has 6 heteroatoms. The standard InChI is InChI=1S/C17H26N2O3S/c1-22-16-2-4-17(5-3-16)23(20,21)19-12-8-15(9-13-19)14-6-10-18-11-7-14/h2-5,14-15,18H,6-13H2,1H3. The van der Waals surface area contributed by atoms with E-state index < -0.39 is 10.0 Å². The van der Waals surface area contributed by atoms with Gasteiger partial charge in [-0.3, -0.25) is 0 Å². The van der Waals surface area contributed by atoms with Crippen LogP contribution in [0.3, 0.4) is 0 Å². The van der Waals surface area contributed by atoms with Gasteiger partial charge < -0.3 is 10.1 Å². The quantitative estimate of drug-likeness (QED) is 0.913. The molecule has 2 saturated heterocycles. The minimum Gasteiger partial charge on any atom is -0.497 e. The Labute approximate surface area is 139 Å². The van der Waals surface area contributed by atoms with Crippen molar-refractivity contribution in [2.45, 2.75) is 30.6 Å². The number of piperidine rings is 2. The lowest BCUT2D eigenvalue weighted by molar-refractivity contribution is 0.176. The molecule has 2 heterocycles. The van der Waals surface area contributed by atoms with Crippen molar-refractivity contribution in [3.8, 4) is 5.75 Å². The molecule has 0 radical (unpaired) electrons. The fourth-order valence-corrected chi connectivity index (χ4v) is 5.27. The van der Waals surface area contributed by atoms with E-state index in [1.807, 2.05) is 0 Å². The summed E-state index contributed by atoms with van der Waals surface area (Å²) < 4.78 is 32.2. The number of methoxy groups -OCH3 is 1. The number of sulfonamides is 1. The van der Waals surface area contributed by atoms with Crippen molar-refractivity contribution < 1.29 is 13.2 Å². The first-order valence-corrected chi connectivity index (χ1v) is 9.90. The maximum Gasteiger partial charge on any atom is 0.243 e. The van der Waals surface area contributed by atoms with Gasteiger partial charge in [-0.2, -0.15) is 4.31 Å². The molecule has 0 bridgehead atoms. The van der Waals surface area contributed by atoms with Crippen molar-refractivity contribution in [1.29, 1.82) is 0 Å². The molecule has 23 heavy (non-hydrogen) atoms. The van der Waals surface area contributed by atoms with Gasteiger partial charge in [0.15, 0.2) is 0 Å². The lowest BCUT2D eigenvalue weighted by atomic mass is 9.79. The summed E-state index contributed by atoms with van der Waals surface area (Å²) in [7, 11) is -1.80. The van der Waals surface area contributed by atoms with Crippen LogP contribution >= 0.6 is 0 Å². The van der Waals surface area contributed by atoms with Crippen LogP contribution in [0.25, 0.3) is 0 Å². The Morgan fingerprint density at radius 1 is 1.00 bits per heavy atom. The number of hydrogen-bond acceptors (Lipinski definition) is 4. The minimum atomic E-state index is -3.38. The molecule has 0 atom stereocenters. The summed E-state index contributed by atoms with van der Waals surface area (Å²) in [5.74, 6) is 2.12. The summed E-state index contributed by atoms with van der Waals surface area (Å²) in [4.78, 5) is 0.360. The van der Waals surface area contributed by atoms with E-state index in [2.05, 4.69) is 5.32 Å². The van der Waals surface area contributed by atoms with Crippen molar-refractivity contribution in [3.63, 3.8) is 0 Å². The monoisotopic (exact) mass is 338 g/mol. The van der Waals surface area contributed by atoms with Crippen LogP contribution in [0.1, 0.15) is 25.7 Å². The van der Waals surface area contributed by atoms with Crippen LogP contribution in [-0.4, -0.2) is 46.0 Å². The SMILES string of the molecule is COc1ccc(S(=O)(=O)N2CCC(C3CCNCC3)CC2)cc1. The van der Waals surface area contributed by atoms with E-state index >= 15 is 0 Å². The summed E-state index contributed by atoms with van der Waals surface area (Å²) in [6.07, 6.45) is 4.44. The number of rotatable bonds is 4. The Morgan fingerprint density at radius 3 is 2.13 bits per heavy atom. The van der Waals surface area contributed by atoms with Crippen molar-refractivity contribution in [2.75, 3.05) is 33.3 Å². The van der Waals surface area contributed by atoms with Crippen LogP contribution in [0.2, 0.25) is 0 Å². The maximum absolute atomic E-state index is 12.7. The molecular formula is C17H26N2O3S. The van der Waals surface area contributed by atoms with Gasteiger partial charge in [-0.25, -0.2) is 8.42 Å². The van der Waals surface area contributed by atoms with Crippen molar-refractivity contribution in [2.24, 2.45) is 11.8 Å². The van der Waals surface area contributed by atoms with E-state index in [9.17, 15) is 8.42 Å². The topological polar surface area (TPSA) is 58.6 Å². The average Bonchev–Trinajstić information content (AvgIpc) is 2.62. The number of nitrogens with one attached hydrogen (secondary N) is 1. The van der Waals surface area contributed by atoms with Gasteiger partial charge in [-0.05, 0) is 74.9 Å². The number of ether oxygens (including phenoxy) is 1. The van der Waals surface area contributed by atoms with Gasteiger partial charge in [0.05, 0.1) is 12.0 Å². The normalized spacial score (nSPS) is 22.1. The second kappa shape index (κ2) is 7.20. The molecule has 3 rings (SSSR count). The Balaban J connectivity index is 1.63. The van der Waals surface area contributed by atoms with Gasteiger partial charge in [0.25, 0.3) is 0 Å². The first-order valence-electron chi connectivity index (χ1n) is 8.46. The smallest absolute Gasteiger partial charge is 0.243 e.